The molecule has 0 aromatic heterocycles. The first-order valence-corrected chi connectivity index (χ1v) is 7.60. The van der Waals surface area contributed by atoms with Crippen LogP contribution in [0.5, 0.6) is 0 Å². The van der Waals surface area contributed by atoms with Gasteiger partial charge in [0.15, 0.2) is 0 Å². The van der Waals surface area contributed by atoms with E-state index < -0.39 is 5.82 Å². The molecule has 21 heavy (non-hydrogen) atoms. The monoisotopic (exact) mass is 293 g/mol. The molecule has 5 heteroatoms. The van der Waals surface area contributed by atoms with E-state index in [-0.39, 0.29) is 17.5 Å². The van der Waals surface area contributed by atoms with Crippen molar-refractivity contribution in [1.29, 1.82) is 0 Å². The van der Waals surface area contributed by atoms with E-state index in [4.69, 9.17) is 5.73 Å². The molecule has 0 atom stereocenters. The van der Waals surface area contributed by atoms with E-state index in [1.165, 1.54) is 12.1 Å². The number of nitrogen functional groups attached to an aromatic ring is 1. The Hall–Kier alpha value is -1.62. The minimum absolute atomic E-state index is 0.0449. The molecule has 0 bridgehead atoms. The van der Waals surface area contributed by atoms with Crippen molar-refractivity contribution in [1.82, 2.24) is 10.2 Å². The van der Waals surface area contributed by atoms with Crippen LogP contribution in [0.2, 0.25) is 0 Å². The number of carbonyl (C=O) groups excluding carboxylic acids is 1. The van der Waals surface area contributed by atoms with Gasteiger partial charge in [0.05, 0.1) is 5.56 Å². The largest absolute Gasteiger partial charge is 0.399 e. The fourth-order valence-corrected chi connectivity index (χ4v) is 2.84. The molecular formula is C16H24FN3O. The number of hydrogen-bond acceptors (Lipinski definition) is 3. The first-order valence-electron chi connectivity index (χ1n) is 7.60. The zero-order chi connectivity index (χ0) is 15.4. The third kappa shape index (κ3) is 3.94. The van der Waals surface area contributed by atoms with Crippen LogP contribution in [-0.4, -0.2) is 36.5 Å². The van der Waals surface area contributed by atoms with Gasteiger partial charge in [-0.15, -0.1) is 0 Å². The van der Waals surface area contributed by atoms with Crippen LogP contribution in [0.15, 0.2) is 12.1 Å². The zero-order valence-electron chi connectivity index (χ0n) is 12.8. The van der Waals surface area contributed by atoms with E-state index in [2.05, 4.69) is 17.1 Å². The van der Waals surface area contributed by atoms with Gasteiger partial charge in [0.2, 0.25) is 0 Å². The molecule has 1 aliphatic rings. The first-order chi connectivity index (χ1) is 10.0. The summed E-state index contributed by atoms with van der Waals surface area (Å²) in [5.41, 5.74) is 6.56. The molecule has 0 unspecified atom stereocenters. The second-order valence-electron chi connectivity index (χ2n) is 5.79. The van der Waals surface area contributed by atoms with Gasteiger partial charge in [-0.2, -0.15) is 0 Å². The fraction of sp³-hybridized carbons (Fsp3) is 0.562. The Kier molecular flexibility index (Phi) is 5.17. The van der Waals surface area contributed by atoms with Crippen molar-refractivity contribution in [3.05, 3.63) is 29.1 Å². The van der Waals surface area contributed by atoms with E-state index in [9.17, 15) is 9.18 Å². The van der Waals surface area contributed by atoms with E-state index in [1.54, 1.807) is 6.92 Å². The molecule has 2 rings (SSSR count). The summed E-state index contributed by atoms with van der Waals surface area (Å²) in [4.78, 5) is 14.6. The maximum Gasteiger partial charge on any atom is 0.254 e. The summed E-state index contributed by atoms with van der Waals surface area (Å²) in [5, 5.41) is 2.93. The number of anilines is 1. The number of halogens is 1. The molecule has 0 aliphatic carbocycles. The molecule has 1 amide bonds. The predicted octanol–water partition coefficient (Wildman–Crippen LogP) is 2.32. The number of nitrogens with two attached hydrogens (primary N) is 1. The summed E-state index contributed by atoms with van der Waals surface area (Å²) < 4.78 is 14.0. The van der Waals surface area contributed by atoms with Crippen LogP contribution in [0.1, 0.15) is 42.1 Å². The first kappa shape index (κ1) is 15.8. The third-order valence-corrected chi connectivity index (χ3v) is 3.98. The highest BCUT2D eigenvalue weighted by atomic mass is 19.1. The minimum Gasteiger partial charge on any atom is -0.399 e. The van der Waals surface area contributed by atoms with Crippen LogP contribution >= 0.6 is 0 Å². The maximum absolute atomic E-state index is 14.0. The van der Waals surface area contributed by atoms with Gasteiger partial charge in [-0.25, -0.2) is 4.39 Å². The number of amides is 1. The molecule has 0 saturated carbocycles. The standard InChI is InChI=1S/C16H24FN3O/c1-3-6-20-7-4-13(5-8-20)19-16(21)14-10-12(18)9-11(2)15(14)17/h9-10,13H,3-8,18H2,1-2H3,(H,19,21). The Labute approximate surface area is 125 Å². The molecule has 1 heterocycles. The number of benzene rings is 1. The summed E-state index contributed by atoms with van der Waals surface area (Å²) in [5.74, 6) is -0.845. The lowest BCUT2D eigenvalue weighted by Crippen LogP contribution is -2.45. The van der Waals surface area contributed by atoms with Crippen molar-refractivity contribution in [2.24, 2.45) is 0 Å². The highest BCUT2D eigenvalue weighted by Gasteiger charge is 2.22. The number of nitrogens with one attached hydrogen (secondary N) is 1. The summed E-state index contributed by atoms with van der Waals surface area (Å²) >= 11 is 0. The van der Waals surface area contributed by atoms with E-state index >= 15 is 0 Å². The molecule has 1 aromatic carbocycles. The number of aryl methyl sites for hydroxylation is 1. The van der Waals surface area contributed by atoms with E-state index in [0.29, 0.717) is 11.3 Å². The second kappa shape index (κ2) is 6.89. The lowest BCUT2D eigenvalue weighted by Gasteiger charge is -2.32. The lowest BCUT2D eigenvalue weighted by atomic mass is 10.0. The Balaban J connectivity index is 1.97. The van der Waals surface area contributed by atoms with Crippen molar-refractivity contribution in [2.45, 2.75) is 39.2 Å². The third-order valence-electron chi connectivity index (χ3n) is 3.98. The summed E-state index contributed by atoms with van der Waals surface area (Å²) in [6.07, 6.45) is 2.97. The van der Waals surface area contributed by atoms with Crippen LogP contribution < -0.4 is 11.1 Å². The number of carbonyl (C=O) groups is 1. The molecule has 1 aliphatic heterocycles. The van der Waals surface area contributed by atoms with Crippen LogP contribution in [0, 0.1) is 12.7 Å². The Morgan fingerprint density at radius 2 is 2.10 bits per heavy atom. The van der Waals surface area contributed by atoms with Crippen molar-refractivity contribution in [3.63, 3.8) is 0 Å². The summed E-state index contributed by atoms with van der Waals surface area (Å²) in [6, 6.07) is 3.06. The lowest BCUT2D eigenvalue weighted by molar-refractivity contribution is 0.0907. The zero-order valence-corrected chi connectivity index (χ0v) is 12.8. The average molecular weight is 293 g/mol. The number of likely N-dealkylation sites (tertiary alicyclic amines) is 1. The molecule has 3 N–H and O–H groups in total. The molecule has 1 aromatic rings. The number of piperidine rings is 1. The van der Waals surface area contributed by atoms with Crippen LogP contribution in [0.4, 0.5) is 10.1 Å². The molecule has 0 spiro atoms. The minimum atomic E-state index is -0.481. The number of hydrogen-bond donors (Lipinski definition) is 2. The maximum atomic E-state index is 14.0. The van der Waals surface area contributed by atoms with Gasteiger partial charge in [0, 0.05) is 24.8 Å². The second-order valence-corrected chi connectivity index (χ2v) is 5.79. The summed E-state index contributed by atoms with van der Waals surface area (Å²) in [6.45, 7) is 6.85. The van der Waals surface area contributed by atoms with Crippen LogP contribution in [-0.2, 0) is 0 Å². The summed E-state index contributed by atoms with van der Waals surface area (Å²) in [7, 11) is 0. The topological polar surface area (TPSA) is 58.4 Å². The molecule has 0 radical (unpaired) electrons. The van der Waals surface area contributed by atoms with Gasteiger partial charge < -0.3 is 16.0 Å². The van der Waals surface area contributed by atoms with Gasteiger partial charge in [0.1, 0.15) is 5.82 Å². The SMILES string of the molecule is CCCN1CCC(NC(=O)c2cc(N)cc(C)c2F)CC1. The average Bonchev–Trinajstić information content (AvgIpc) is 2.45. The predicted molar refractivity (Wildman–Crippen MR) is 82.8 cm³/mol. The molecule has 1 fully saturated rings. The van der Waals surface area contributed by atoms with Gasteiger partial charge >= 0.3 is 0 Å². The smallest absolute Gasteiger partial charge is 0.254 e. The van der Waals surface area contributed by atoms with Crippen molar-refractivity contribution in [2.75, 3.05) is 25.4 Å². The van der Waals surface area contributed by atoms with Gasteiger partial charge in [-0.05, 0) is 50.4 Å². The van der Waals surface area contributed by atoms with Crippen molar-refractivity contribution >= 4 is 11.6 Å². The van der Waals surface area contributed by atoms with Crippen molar-refractivity contribution in [3.8, 4) is 0 Å². The number of rotatable bonds is 4. The number of nitrogens with zero attached hydrogens (tertiary/aromatic N) is 1. The van der Waals surface area contributed by atoms with Crippen molar-refractivity contribution < 1.29 is 9.18 Å². The highest BCUT2D eigenvalue weighted by molar-refractivity contribution is 5.95. The van der Waals surface area contributed by atoms with Gasteiger partial charge in [-0.3, -0.25) is 4.79 Å². The molecule has 1 saturated heterocycles. The molecule has 4 nitrogen and oxygen atoms in total. The molecular weight excluding hydrogens is 269 g/mol. The quantitative estimate of drug-likeness (QED) is 0.838. The fourth-order valence-electron chi connectivity index (χ4n) is 2.84. The van der Waals surface area contributed by atoms with Gasteiger partial charge in [-0.1, -0.05) is 6.92 Å². The normalized spacial score (nSPS) is 16.9. The van der Waals surface area contributed by atoms with Crippen LogP contribution in [0.25, 0.3) is 0 Å². The van der Waals surface area contributed by atoms with Crippen LogP contribution in [0.3, 0.4) is 0 Å². The van der Waals surface area contributed by atoms with Gasteiger partial charge in [0.25, 0.3) is 5.91 Å². The Morgan fingerprint density at radius 3 is 2.71 bits per heavy atom. The Morgan fingerprint density at radius 1 is 1.43 bits per heavy atom. The van der Waals surface area contributed by atoms with E-state index in [1.807, 2.05) is 0 Å². The highest BCUT2D eigenvalue weighted by Crippen LogP contribution is 2.18. The molecule has 116 valence electrons. The Bertz CT molecular complexity index is 510. The van der Waals surface area contributed by atoms with E-state index in [0.717, 1.165) is 38.9 Å².